The molecule has 0 aliphatic carbocycles. The highest BCUT2D eigenvalue weighted by molar-refractivity contribution is 9.10. The zero-order valence-electron chi connectivity index (χ0n) is 15.6. The predicted octanol–water partition coefficient (Wildman–Crippen LogP) is 4.08. The third-order valence-electron chi connectivity index (χ3n) is 3.50. The number of nitrogens with one attached hydrogen (secondary N) is 1. The van der Waals surface area contributed by atoms with Gasteiger partial charge in [0, 0.05) is 0 Å². The SMILES string of the molecule is CCCOc1ccc(/C=N/NC(=O)COc2ccc(C)cc2Br)cc1OC. The Morgan fingerprint density at radius 3 is 2.63 bits per heavy atom. The molecule has 0 radical (unpaired) electrons. The van der Waals surface area contributed by atoms with Crippen LogP contribution >= 0.6 is 15.9 Å². The molecule has 0 saturated carbocycles. The normalized spacial score (nSPS) is 10.7. The van der Waals surface area contributed by atoms with Crippen molar-refractivity contribution in [2.24, 2.45) is 5.10 Å². The van der Waals surface area contributed by atoms with Crippen molar-refractivity contribution in [2.75, 3.05) is 20.3 Å². The summed E-state index contributed by atoms with van der Waals surface area (Å²) in [6.07, 6.45) is 2.45. The Bertz CT molecular complexity index is 809. The van der Waals surface area contributed by atoms with Crippen molar-refractivity contribution in [3.63, 3.8) is 0 Å². The quantitative estimate of drug-likeness (QED) is 0.476. The molecule has 2 rings (SSSR count). The van der Waals surface area contributed by atoms with Crippen molar-refractivity contribution in [3.8, 4) is 17.2 Å². The Morgan fingerprint density at radius 2 is 1.93 bits per heavy atom. The molecule has 0 aliphatic heterocycles. The van der Waals surface area contributed by atoms with E-state index in [-0.39, 0.29) is 12.5 Å². The van der Waals surface area contributed by atoms with Crippen LogP contribution in [0.2, 0.25) is 0 Å². The zero-order chi connectivity index (χ0) is 19.6. The highest BCUT2D eigenvalue weighted by Gasteiger charge is 2.06. The standard InChI is InChI=1S/C20H23BrN2O4/c1-4-9-26-18-8-6-15(11-19(18)25-3)12-22-23-20(24)13-27-17-7-5-14(2)10-16(17)21/h5-8,10-12H,4,9,13H2,1-3H3,(H,23,24)/b22-12+. The number of benzene rings is 2. The molecule has 7 heteroatoms. The average Bonchev–Trinajstić information content (AvgIpc) is 2.66. The Labute approximate surface area is 167 Å². The van der Waals surface area contributed by atoms with Crippen molar-refractivity contribution < 1.29 is 19.0 Å². The molecule has 144 valence electrons. The van der Waals surface area contributed by atoms with E-state index in [0.29, 0.717) is 23.9 Å². The number of halogens is 1. The van der Waals surface area contributed by atoms with Gasteiger partial charge in [-0.1, -0.05) is 13.0 Å². The summed E-state index contributed by atoms with van der Waals surface area (Å²) in [5, 5.41) is 3.94. The Balaban J connectivity index is 1.87. The summed E-state index contributed by atoms with van der Waals surface area (Å²) in [6, 6.07) is 11.1. The van der Waals surface area contributed by atoms with Gasteiger partial charge >= 0.3 is 0 Å². The van der Waals surface area contributed by atoms with E-state index in [0.717, 1.165) is 22.0 Å². The van der Waals surface area contributed by atoms with Crippen molar-refractivity contribution in [2.45, 2.75) is 20.3 Å². The number of methoxy groups -OCH3 is 1. The third-order valence-corrected chi connectivity index (χ3v) is 4.12. The fraction of sp³-hybridized carbons (Fsp3) is 0.300. The smallest absolute Gasteiger partial charge is 0.277 e. The summed E-state index contributed by atoms with van der Waals surface area (Å²) in [5.41, 5.74) is 4.31. The molecule has 0 aromatic heterocycles. The largest absolute Gasteiger partial charge is 0.493 e. The van der Waals surface area contributed by atoms with Gasteiger partial charge in [0.1, 0.15) is 5.75 Å². The van der Waals surface area contributed by atoms with Crippen LogP contribution in [0.3, 0.4) is 0 Å². The van der Waals surface area contributed by atoms with Gasteiger partial charge in [-0.3, -0.25) is 4.79 Å². The number of aryl methyl sites for hydroxylation is 1. The van der Waals surface area contributed by atoms with E-state index in [9.17, 15) is 4.79 Å². The number of hydrogen-bond acceptors (Lipinski definition) is 5. The minimum Gasteiger partial charge on any atom is -0.493 e. The molecule has 0 atom stereocenters. The van der Waals surface area contributed by atoms with Gasteiger partial charge in [0.25, 0.3) is 5.91 Å². The number of carbonyl (C=O) groups excluding carboxylic acids is 1. The second-order valence-corrected chi connectivity index (χ2v) is 6.63. The van der Waals surface area contributed by atoms with Crippen molar-refractivity contribution in [1.29, 1.82) is 0 Å². The molecule has 2 aromatic carbocycles. The fourth-order valence-electron chi connectivity index (χ4n) is 2.17. The van der Waals surface area contributed by atoms with Gasteiger partial charge in [0.15, 0.2) is 18.1 Å². The molecule has 27 heavy (non-hydrogen) atoms. The van der Waals surface area contributed by atoms with Crippen LogP contribution in [0.1, 0.15) is 24.5 Å². The van der Waals surface area contributed by atoms with Gasteiger partial charge in [-0.05, 0) is 70.7 Å². The molecule has 2 aromatic rings. The van der Waals surface area contributed by atoms with Crippen LogP contribution in [0, 0.1) is 6.92 Å². The zero-order valence-corrected chi connectivity index (χ0v) is 17.2. The van der Waals surface area contributed by atoms with E-state index in [1.807, 2.05) is 44.2 Å². The molecule has 0 bridgehead atoms. The molecule has 1 N–H and O–H groups in total. The van der Waals surface area contributed by atoms with Gasteiger partial charge < -0.3 is 14.2 Å². The molecule has 0 fully saturated rings. The van der Waals surface area contributed by atoms with E-state index < -0.39 is 0 Å². The number of amides is 1. The number of nitrogens with zero attached hydrogens (tertiary/aromatic N) is 1. The van der Waals surface area contributed by atoms with Crippen LogP contribution in [0.5, 0.6) is 17.2 Å². The van der Waals surface area contributed by atoms with E-state index in [4.69, 9.17) is 14.2 Å². The molecule has 0 unspecified atom stereocenters. The fourth-order valence-corrected chi connectivity index (χ4v) is 2.78. The molecule has 6 nitrogen and oxygen atoms in total. The lowest BCUT2D eigenvalue weighted by atomic mass is 10.2. The minimum absolute atomic E-state index is 0.133. The number of rotatable bonds is 9. The average molecular weight is 435 g/mol. The number of carbonyl (C=O) groups is 1. The Kier molecular flexibility index (Phi) is 8.13. The van der Waals surface area contributed by atoms with Crippen LogP contribution < -0.4 is 19.6 Å². The topological polar surface area (TPSA) is 69.2 Å². The first-order valence-corrected chi connectivity index (χ1v) is 9.34. The molecular formula is C20H23BrN2O4. The van der Waals surface area contributed by atoms with Crippen molar-refractivity contribution >= 4 is 28.1 Å². The molecule has 0 heterocycles. The Hall–Kier alpha value is -2.54. The maximum atomic E-state index is 11.9. The summed E-state index contributed by atoms with van der Waals surface area (Å²) in [5.74, 6) is 1.55. The second-order valence-electron chi connectivity index (χ2n) is 5.77. The van der Waals surface area contributed by atoms with E-state index in [2.05, 4.69) is 26.5 Å². The highest BCUT2D eigenvalue weighted by atomic mass is 79.9. The van der Waals surface area contributed by atoms with Crippen molar-refractivity contribution in [1.82, 2.24) is 5.43 Å². The van der Waals surface area contributed by atoms with Crippen LogP contribution in [-0.2, 0) is 4.79 Å². The number of hydrogen-bond donors (Lipinski definition) is 1. The molecule has 0 saturated heterocycles. The van der Waals surface area contributed by atoms with Gasteiger partial charge in [-0.15, -0.1) is 0 Å². The first-order chi connectivity index (χ1) is 13.0. The Morgan fingerprint density at radius 1 is 1.15 bits per heavy atom. The molecule has 0 spiro atoms. The maximum absolute atomic E-state index is 11.9. The van der Waals surface area contributed by atoms with Gasteiger partial charge in [0.05, 0.1) is 24.4 Å². The van der Waals surface area contributed by atoms with Crippen LogP contribution in [-0.4, -0.2) is 32.4 Å². The minimum atomic E-state index is -0.353. The van der Waals surface area contributed by atoms with Crippen LogP contribution in [0.4, 0.5) is 0 Å². The summed E-state index contributed by atoms with van der Waals surface area (Å²) < 4.78 is 17.2. The highest BCUT2D eigenvalue weighted by Crippen LogP contribution is 2.27. The second kappa shape index (κ2) is 10.6. The monoisotopic (exact) mass is 434 g/mol. The maximum Gasteiger partial charge on any atom is 0.277 e. The number of ether oxygens (including phenoxy) is 3. The summed E-state index contributed by atoms with van der Waals surface area (Å²) in [4.78, 5) is 11.9. The van der Waals surface area contributed by atoms with Gasteiger partial charge in [0.2, 0.25) is 0 Å². The number of hydrazone groups is 1. The van der Waals surface area contributed by atoms with E-state index >= 15 is 0 Å². The third kappa shape index (κ3) is 6.60. The van der Waals surface area contributed by atoms with E-state index in [1.54, 1.807) is 13.2 Å². The van der Waals surface area contributed by atoms with Crippen LogP contribution in [0.25, 0.3) is 0 Å². The first-order valence-electron chi connectivity index (χ1n) is 8.55. The van der Waals surface area contributed by atoms with Gasteiger partial charge in [-0.2, -0.15) is 5.10 Å². The summed E-state index contributed by atoms with van der Waals surface area (Å²) in [7, 11) is 1.58. The first kappa shape index (κ1) is 20.8. The molecular weight excluding hydrogens is 412 g/mol. The predicted molar refractivity (Wildman–Crippen MR) is 109 cm³/mol. The summed E-state index contributed by atoms with van der Waals surface area (Å²) >= 11 is 3.41. The van der Waals surface area contributed by atoms with Crippen LogP contribution in [0.15, 0.2) is 46.0 Å². The summed E-state index contributed by atoms with van der Waals surface area (Å²) in [6.45, 7) is 4.51. The lowest BCUT2D eigenvalue weighted by molar-refractivity contribution is -0.123. The van der Waals surface area contributed by atoms with Gasteiger partial charge in [-0.25, -0.2) is 5.43 Å². The lowest BCUT2D eigenvalue weighted by Crippen LogP contribution is -2.24. The van der Waals surface area contributed by atoms with Crippen molar-refractivity contribution in [3.05, 3.63) is 52.0 Å². The molecule has 0 aliphatic rings. The van der Waals surface area contributed by atoms with E-state index in [1.165, 1.54) is 6.21 Å². The lowest BCUT2D eigenvalue weighted by Gasteiger charge is -2.10. The molecule has 1 amide bonds.